The van der Waals surface area contributed by atoms with Crippen molar-refractivity contribution in [2.75, 3.05) is 19.8 Å². The lowest BCUT2D eigenvalue weighted by molar-refractivity contribution is 0.463. The largest absolute Gasteiger partial charge is 0.312 e. The Morgan fingerprint density at radius 2 is 2.33 bits per heavy atom. The summed E-state index contributed by atoms with van der Waals surface area (Å²) in [7, 11) is 0. The summed E-state index contributed by atoms with van der Waals surface area (Å²) >= 11 is 5.41. The molecule has 0 aliphatic carbocycles. The Kier molecular flexibility index (Phi) is 5.99. The molecule has 0 radical (unpaired) electrons. The van der Waals surface area contributed by atoms with Crippen molar-refractivity contribution >= 4 is 11.6 Å². The van der Waals surface area contributed by atoms with Crippen LogP contribution in [0.3, 0.4) is 0 Å². The van der Waals surface area contributed by atoms with Gasteiger partial charge in [-0.1, -0.05) is 18.2 Å². The Morgan fingerprint density at radius 3 is 2.78 bits per heavy atom. The summed E-state index contributed by atoms with van der Waals surface area (Å²) in [5, 5.41) is 3.48. The Morgan fingerprint density at radius 1 is 1.67 bits per heavy atom. The normalized spacial score (nSPS) is 9.56. The fraction of sp³-hybridized carbons (Fsp3) is 0.667. The molecule has 54 valence electrons. The molecule has 0 spiro atoms. The SMILES string of the molecule is C=C(Cl)CNCCCF. The van der Waals surface area contributed by atoms with E-state index in [9.17, 15) is 4.39 Å². The van der Waals surface area contributed by atoms with Crippen LogP contribution in [0.4, 0.5) is 4.39 Å². The third-order valence-electron chi connectivity index (χ3n) is 0.804. The second kappa shape index (κ2) is 6.05. The van der Waals surface area contributed by atoms with Crippen LogP contribution in [0.1, 0.15) is 6.42 Å². The molecule has 0 aliphatic heterocycles. The van der Waals surface area contributed by atoms with Crippen LogP contribution in [0, 0.1) is 0 Å². The van der Waals surface area contributed by atoms with Gasteiger partial charge in [0.2, 0.25) is 0 Å². The summed E-state index contributed by atoms with van der Waals surface area (Å²) in [6.45, 7) is 4.43. The number of hydrogen-bond acceptors (Lipinski definition) is 1. The van der Waals surface area contributed by atoms with E-state index in [1.807, 2.05) is 0 Å². The molecule has 9 heavy (non-hydrogen) atoms. The van der Waals surface area contributed by atoms with E-state index in [0.29, 0.717) is 24.5 Å². The molecule has 0 saturated heterocycles. The molecule has 0 atom stereocenters. The van der Waals surface area contributed by atoms with Crippen LogP contribution in [-0.2, 0) is 0 Å². The molecular weight excluding hydrogens is 141 g/mol. The molecule has 0 saturated carbocycles. The highest BCUT2D eigenvalue weighted by molar-refractivity contribution is 6.29. The predicted molar refractivity (Wildman–Crippen MR) is 38.5 cm³/mol. The van der Waals surface area contributed by atoms with Gasteiger partial charge in [0, 0.05) is 11.6 Å². The minimum atomic E-state index is -0.276. The van der Waals surface area contributed by atoms with Crippen molar-refractivity contribution in [3.05, 3.63) is 11.6 Å². The first-order valence-electron chi connectivity index (χ1n) is 2.87. The average Bonchev–Trinajstić information content (AvgIpc) is 1.80. The topological polar surface area (TPSA) is 12.0 Å². The number of alkyl halides is 1. The first-order valence-corrected chi connectivity index (χ1v) is 3.25. The van der Waals surface area contributed by atoms with E-state index in [1.54, 1.807) is 0 Å². The van der Waals surface area contributed by atoms with Gasteiger partial charge in [-0.25, -0.2) is 0 Å². The highest BCUT2D eigenvalue weighted by atomic mass is 35.5. The zero-order chi connectivity index (χ0) is 7.11. The van der Waals surface area contributed by atoms with E-state index >= 15 is 0 Å². The van der Waals surface area contributed by atoms with Crippen LogP contribution in [0.15, 0.2) is 11.6 Å². The van der Waals surface area contributed by atoms with Crippen LogP contribution in [0.5, 0.6) is 0 Å². The van der Waals surface area contributed by atoms with E-state index < -0.39 is 0 Å². The van der Waals surface area contributed by atoms with Crippen molar-refractivity contribution in [1.82, 2.24) is 5.32 Å². The first kappa shape index (κ1) is 8.92. The fourth-order valence-electron chi connectivity index (χ4n) is 0.416. The maximum Gasteiger partial charge on any atom is 0.0906 e. The molecule has 0 unspecified atom stereocenters. The molecule has 0 aromatic heterocycles. The molecule has 3 heteroatoms. The molecule has 0 rings (SSSR count). The van der Waals surface area contributed by atoms with Gasteiger partial charge in [-0.15, -0.1) is 0 Å². The van der Waals surface area contributed by atoms with Crippen LogP contribution < -0.4 is 5.32 Å². The van der Waals surface area contributed by atoms with Gasteiger partial charge >= 0.3 is 0 Å². The van der Waals surface area contributed by atoms with Crippen LogP contribution in [0.25, 0.3) is 0 Å². The maximum absolute atomic E-state index is 11.4. The lowest BCUT2D eigenvalue weighted by Gasteiger charge is -1.98. The maximum atomic E-state index is 11.4. The van der Waals surface area contributed by atoms with Gasteiger partial charge in [0.05, 0.1) is 6.67 Å². The van der Waals surface area contributed by atoms with Crippen molar-refractivity contribution in [2.24, 2.45) is 0 Å². The van der Waals surface area contributed by atoms with Crippen molar-refractivity contribution in [2.45, 2.75) is 6.42 Å². The predicted octanol–water partition coefficient (Wildman–Crippen LogP) is 1.69. The highest BCUT2D eigenvalue weighted by Gasteiger charge is 1.87. The van der Waals surface area contributed by atoms with Crippen LogP contribution in [0.2, 0.25) is 0 Å². The second-order valence-electron chi connectivity index (χ2n) is 1.74. The minimum absolute atomic E-state index is 0.276. The summed E-state index contributed by atoms with van der Waals surface area (Å²) in [6, 6.07) is 0. The molecule has 1 nitrogen and oxygen atoms in total. The number of halogens is 2. The third kappa shape index (κ3) is 7.92. The monoisotopic (exact) mass is 151 g/mol. The zero-order valence-electron chi connectivity index (χ0n) is 5.29. The van der Waals surface area contributed by atoms with Crippen LogP contribution >= 0.6 is 11.6 Å². The standard InChI is InChI=1S/C6H11ClFN/c1-6(7)5-9-4-2-3-8/h9H,1-5H2. The summed E-state index contributed by atoms with van der Waals surface area (Å²) in [6.07, 6.45) is 0.546. The summed E-state index contributed by atoms with van der Waals surface area (Å²) < 4.78 is 11.4. The molecular formula is C6H11ClFN. The number of rotatable bonds is 5. The molecule has 0 amide bonds. The van der Waals surface area contributed by atoms with Gasteiger partial charge in [-0.05, 0) is 13.0 Å². The Labute approximate surface area is 59.9 Å². The van der Waals surface area contributed by atoms with Crippen molar-refractivity contribution < 1.29 is 4.39 Å². The Hall–Kier alpha value is -0.0800. The van der Waals surface area contributed by atoms with Gasteiger partial charge in [0.15, 0.2) is 0 Å². The van der Waals surface area contributed by atoms with E-state index in [2.05, 4.69) is 11.9 Å². The van der Waals surface area contributed by atoms with Crippen molar-refractivity contribution in [1.29, 1.82) is 0 Å². The van der Waals surface area contributed by atoms with E-state index in [0.717, 1.165) is 0 Å². The zero-order valence-corrected chi connectivity index (χ0v) is 6.05. The lowest BCUT2D eigenvalue weighted by atomic mass is 10.4. The summed E-state index contributed by atoms with van der Waals surface area (Å²) in [5.74, 6) is 0. The summed E-state index contributed by atoms with van der Waals surface area (Å²) in [4.78, 5) is 0. The number of nitrogens with one attached hydrogen (secondary N) is 1. The molecule has 0 aliphatic rings. The third-order valence-corrected chi connectivity index (χ3v) is 0.938. The average molecular weight is 152 g/mol. The minimum Gasteiger partial charge on any atom is -0.312 e. The molecule has 0 bridgehead atoms. The molecule has 0 aromatic rings. The van der Waals surface area contributed by atoms with Gasteiger partial charge in [-0.2, -0.15) is 0 Å². The molecule has 1 N–H and O–H groups in total. The highest BCUT2D eigenvalue weighted by Crippen LogP contribution is 1.91. The number of hydrogen-bond donors (Lipinski definition) is 1. The van der Waals surface area contributed by atoms with E-state index in [4.69, 9.17) is 11.6 Å². The van der Waals surface area contributed by atoms with Gasteiger partial charge in [0.1, 0.15) is 0 Å². The Bertz CT molecular complexity index is 85.1. The van der Waals surface area contributed by atoms with Gasteiger partial charge in [0.25, 0.3) is 0 Å². The quantitative estimate of drug-likeness (QED) is 0.590. The fourth-order valence-corrected chi connectivity index (χ4v) is 0.510. The van der Waals surface area contributed by atoms with E-state index in [1.165, 1.54) is 0 Å². The summed E-state index contributed by atoms with van der Waals surface area (Å²) in [5.41, 5.74) is 0. The van der Waals surface area contributed by atoms with Gasteiger partial charge in [-0.3, -0.25) is 4.39 Å². The molecule has 0 fully saturated rings. The van der Waals surface area contributed by atoms with Gasteiger partial charge < -0.3 is 5.32 Å². The molecule has 0 heterocycles. The lowest BCUT2D eigenvalue weighted by Crippen LogP contribution is -2.16. The first-order chi connectivity index (χ1) is 4.27. The Balaban J connectivity index is 2.83. The van der Waals surface area contributed by atoms with Crippen molar-refractivity contribution in [3.8, 4) is 0 Å². The molecule has 0 aromatic carbocycles. The van der Waals surface area contributed by atoms with Crippen molar-refractivity contribution in [3.63, 3.8) is 0 Å². The van der Waals surface area contributed by atoms with E-state index in [-0.39, 0.29) is 6.67 Å². The van der Waals surface area contributed by atoms with Crippen LogP contribution in [-0.4, -0.2) is 19.8 Å². The second-order valence-corrected chi connectivity index (χ2v) is 2.27. The smallest absolute Gasteiger partial charge is 0.0906 e.